The van der Waals surface area contributed by atoms with Crippen LogP contribution in [0.15, 0.2) is 23.3 Å². The molecule has 0 spiro atoms. The van der Waals surface area contributed by atoms with Crippen molar-refractivity contribution in [2.24, 2.45) is 10.7 Å². The van der Waals surface area contributed by atoms with E-state index in [0.29, 0.717) is 19.1 Å². The third-order valence-electron chi connectivity index (χ3n) is 4.20. The van der Waals surface area contributed by atoms with Gasteiger partial charge in [-0.15, -0.1) is 0 Å². The standard InChI is InChI=1S/C17H30N6O/c1-4-22-7-9-23(10-8-22)16-11-15(5-6-19-16)12-20-17(18)21-14(2)13-24-3/h5-6,11,14H,4,7-10,12-13H2,1-3H3,(H3,18,20,21). The number of nitrogens with one attached hydrogen (secondary N) is 1. The summed E-state index contributed by atoms with van der Waals surface area (Å²) in [5.74, 6) is 1.47. The molecule has 0 aromatic carbocycles. The van der Waals surface area contributed by atoms with Gasteiger partial charge in [0.05, 0.1) is 13.2 Å². The summed E-state index contributed by atoms with van der Waals surface area (Å²) in [6.07, 6.45) is 1.85. The Morgan fingerprint density at radius 2 is 2.17 bits per heavy atom. The Bertz CT molecular complexity index is 528. The molecule has 7 heteroatoms. The average molecular weight is 334 g/mol. The van der Waals surface area contributed by atoms with E-state index < -0.39 is 0 Å². The highest BCUT2D eigenvalue weighted by atomic mass is 16.5. The molecule has 2 rings (SSSR count). The molecule has 1 unspecified atom stereocenters. The molecule has 1 fully saturated rings. The van der Waals surface area contributed by atoms with Crippen molar-refractivity contribution in [3.8, 4) is 0 Å². The van der Waals surface area contributed by atoms with E-state index in [1.165, 1.54) is 0 Å². The fraction of sp³-hybridized carbons (Fsp3) is 0.647. The minimum Gasteiger partial charge on any atom is -0.383 e. The van der Waals surface area contributed by atoms with Crippen LogP contribution in [-0.2, 0) is 11.3 Å². The molecule has 1 saturated heterocycles. The smallest absolute Gasteiger partial charge is 0.189 e. The van der Waals surface area contributed by atoms with Crippen molar-refractivity contribution in [2.75, 3.05) is 51.3 Å². The fourth-order valence-corrected chi connectivity index (χ4v) is 2.79. The van der Waals surface area contributed by atoms with E-state index in [-0.39, 0.29) is 6.04 Å². The number of aromatic nitrogens is 1. The number of guanidine groups is 1. The van der Waals surface area contributed by atoms with E-state index in [4.69, 9.17) is 10.5 Å². The number of pyridine rings is 1. The monoisotopic (exact) mass is 334 g/mol. The molecule has 0 amide bonds. The summed E-state index contributed by atoms with van der Waals surface area (Å²) in [6.45, 7) is 10.7. The van der Waals surface area contributed by atoms with Crippen molar-refractivity contribution in [1.29, 1.82) is 0 Å². The first kappa shape index (κ1) is 18.5. The number of rotatable bonds is 7. The zero-order valence-corrected chi connectivity index (χ0v) is 15.0. The van der Waals surface area contributed by atoms with Crippen molar-refractivity contribution in [3.63, 3.8) is 0 Å². The predicted octanol–water partition coefficient (Wildman–Crippen LogP) is 0.663. The molecule has 7 nitrogen and oxygen atoms in total. The van der Waals surface area contributed by atoms with Crippen molar-refractivity contribution in [3.05, 3.63) is 23.9 Å². The average Bonchev–Trinajstić information content (AvgIpc) is 2.60. The molecule has 1 aliphatic heterocycles. The minimum absolute atomic E-state index is 0.140. The van der Waals surface area contributed by atoms with E-state index in [2.05, 4.69) is 38.1 Å². The lowest BCUT2D eigenvalue weighted by atomic mass is 10.2. The van der Waals surface area contributed by atoms with Crippen LogP contribution in [0.5, 0.6) is 0 Å². The van der Waals surface area contributed by atoms with Crippen LogP contribution >= 0.6 is 0 Å². The second-order valence-corrected chi connectivity index (χ2v) is 6.15. The molecule has 1 aromatic rings. The highest BCUT2D eigenvalue weighted by molar-refractivity contribution is 5.78. The van der Waals surface area contributed by atoms with Crippen molar-refractivity contribution in [1.82, 2.24) is 15.2 Å². The maximum Gasteiger partial charge on any atom is 0.189 e. The third kappa shape index (κ3) is 5.65. The lowest BCUT2D eigenvalue weighted by molar-refractivity contribution is 0.179. The van der Waals surface area contributed by atoms with Crippen molar-refractivity contribution in [2.45, 2.75) is 26.4 Å². The molecule has 2 heterocycles. The number of piperazine rings is 1. The summed E-state index contributed by atoms with van der Waals surface area (Å²) in [4.78, 5) is 13.7. The van der Waals surface area contributed by atoms with Crippen LogP contribution in [0, 0.1) is 0 Å². The van der Waals surface area contributed by atoms with Gasteiger partial charge in [-0.3, -0.25) is 0 Å². The van der Waals surface area contributed by atoms with Crippen LogP contribution in [0.25, 0.3) is 0 Å². The number of nitrogens with zero attached hydrogens (tertiary/aromatic N) is 4. The first-order chi connectivity index (χ1) is 11.6. The van der Waals surface area contributed by atoms with Gasteiger partial charge in [0.15, 0.2) is 5.96 Å². The van der Waals surface area contributed by atoms with Crippen molar-refractivity contribution < 1.29 is 4.74 Å². The molecule has 0 radical (unpaired) electrons. The van der Waals surface area contributed by atoms with Gasteiger partial charge in [0.25, 0.3) is 0 Å². The van der Waals surface area contributed by atoms with Crippen LogP contribution in [-0.4, -0.2) is 68.3 Å². The van der Waals surface area contributed by atoms with Gasteiger partial charge in [0.2, 0.25) is 0 Å². The maximum absolute atomic E-state index is 5.92. The minimum atomic E-state index is 0.140. The maximum atomic E-state index is 5.92. The fourth-order valence-electron chi connectivity index (χ4n) is 2.79. The number of methoxy groups -OCH3 is 1. The highest BCUT2D eigenvalue weighted by Crippen LogP contribution is 2.15. The van der Waals surface area contributed by atoms with Crippen LogP contribution in [0.1, 0.15) is 19.4 Å². The second-order valence-electron chi connectivity index (χ2n) is 6.15. The number of hydrogen-bond acceptors (Lipinski definition) is 5. The summed E-state index contributed by atoms with van der Waals surface area (Å²) in [7, 11) is 1.67. The van der Waals surface area contributed by atoms with E-state index in [0.717, 1.165) is 44.1 Å². The summed E-state index contributed by atoms with van der Waals surface area (Å²) in [5, 5.41) is 3.11. The lowest BCUT2D eigenvalue weighted by Gasteiger charge is -2.34. The number of aliphatic imine (C=N–C) groups is 1. The zero-order valence-electron chi connectivity index (χ0n) is 15.0. The number of ether oxygens (including phenoxy) is 1. The second kappa shape index (κ2) is 9.44. The van der Waals surface area contributed by atoms with Gasteiger partial charge >= 0.3 is 0 Å². The van der Waals surface area contributed by atoms with Gasteiger partial charge in [-0.25, -0.2) is 9.98 Å². The molecule has 134 valence electrons. The summed E-state index contributed by atoms with van der Waals surface area (Å²) >= 11 is 0. The molecule has 0 saturated carbocycles. The normalized spacial score (nSPS) is 17.8. The largest absolute Gasteiger partial charge is 0.383 e. The Morgan fingerprint density at radius 3 is 2.83 bits per heavy atom. The summed E-state index contributed by atoms with van der Waals surface area (Å²) in [5.41, 5.74) is 7.03. The van der Waals surface area contributed by atoms with Crippen LogP contribution in [0.2, 0.25) is 0 Å². The van der Waals surface area contributed by atoms with E-state index in [1.807, 2.05) is 19.2 Å². The molecule has 3 N–H and O–H groups in total. The highest BCUT2D eigenvalue weighted by Gasteiger charge is 2.16. The Balaban J connectivity index is 1.91. The zero-order chi connectivity index (χ0) is 17.4. The van der Waals surface area contributed by atoms with Crippen LogP contribution in [0.3, 0.4) is 0 Å². The van der Waals surface area contributed by atoms with Gasteiger partial charge in [-0.1, -0.05) is 6.92 Å². The van der Waals surface area contributed by atoms with Crippen molar-refractivity contribution >= 4 is 11.8 Å². The van der Waals surface area contributed by atoms with Gasteiger partial charge in [0.1, 0.15) is 5.82 Å². The van der Waals surface area contributed by atoms with E-state index >= 15 is 0 Å². The molecular formula is C17H30N6O. The molecular weight excluding hydrogens is 304 g/mol. The quantitative estimate of drug-likeness (QED) is 0.563. The van der Waals surface area contributed by atoms with Gasteiger partial charge in [-0.05, 0) is 31.2 Å². The predicted molar refractivity (Wildman–Crippen MR) is 98.4 cm³/mol. The van der Waals surface area contributed by atoms with Crippen LogP contribution in [0.4, 0.5) is 5.82 Å². The number of anilines is 1. The molecule has 0 aliphatic carbocycles. The summed E-state index contributed by atoms with van der Waals surface area (Å²) < 4.78 is 5.08. The topological polar surface area (TPSA) is 79.0 Å². The Hall–Kier alpha value is -1.86. The number of hydrogen-bond donors (Lipinski definition) is 2. The number of nitrogens with two attached hydrogens (primary N) is 1. The third-order valence-corrected chi connectivity index (χ3v) is 4.20. The van der Waals surface area contributed by atoms with Gasteiger partial charge in [0, 0.05) is 45.5 Å². The SMILES string of the molecule is CCN1CCN(c2cc(CN=C(N)NC(C)COC)ccn2)CC1. The molecule has 1 aromatic heterocycles. The first-order valence-corrected chi connectivity index (χ1v) is 8.60. The Morgan fingerprint density at radius 1 is 1.42 bits per heavy atom. The first-order valence-electron chi connectivity index (χ1n) is 8.60. The molecule has 1 atom stereocenters. The summed E-state index contributed by atoms with van der Waals surface area (Å²) in [6, 6.07) is 4.24. The van der Waals surface area contributed by atoms with E-state index in [1.54, 1.807) is 7.11 Å². The van der Waals surface area contributed by atoms with Gasteiger partial charge < -0.3 is 25.6 Å². The molecule has 24 heavy (non-hydrogen) atoms. The number of likely N-dealkylation sites (N-methyl/N-ethyl adjacent to an activating group) is 1. The Kier molecular flexibility index (Phi) is 7.27. The van der Waals surface area contributed by atoms with Crippen LogP contribution < -0.4 is 16.0 Å². The molecule has 0 bridgehead atoms. The van der Waals surface area contributed by atoms with E-state index in [9.17, 15) is 0 Å². The Labute approximate surface area is 144 Å². The lowest BCUT2D eigenvalue weighted by Crippen LogP contribution is -2.46. The molecule has 1 aliphatic rings. The van der Waals surface area contributed by atoms with Gasteiger partial charge in [-0.2, -0.15) is 0 Å².